The molecular formula is C26H32N4O4. The highest BCUT2D eigenvalue weighted by Crippen LogP contribution is 2.27. The summed E-state index contributed by atoms with van der Waals surface area (Å²) in [6.07, 6.45) is 2.43. The lowest BCUT2D eigenvalue weighted by Crippen LogP contribution is -2.36. The van der Waals surface area contributed by atoms with Gasteiger partial charge in [0.15, 0.2) is 11.5 Å². The lowest BCUT2D eigenvalue weighted by Gasteiger charge is -2.32. The number of aromatic amines is 1. The molecule has 0 saturated carbocycles. The third-order valence-electron chi connectivity index (χ3n) is 6.61. The second kappa shape index (κ2) is 10.0. The highest BCUT2D eigenvalue weighted by molar-refractivity contribution is 5.93. The number of rotatable bonds is 6. The Bertz CT molecular complexity index is 1140. The number of aromatic nitrogens is 2. The number of H-pyrrole nitrogens is 1. The van der Waals surface area contributed by atoms with E-state index in [1.165, 1.54) is 18.4 Å². The van der Waals surface area contributed by atoms with Crippen molar-refractivity contribution in [3.63, 3.8) is 0 Å². The number of benzene rings is 1. The molecule has 1 atom stereocenters. The summed E-state index contributed by atoms with van der Waals surface area (Å²) in [6.45, 7) is 7.23. The van der Waals surface area contributed by atoms with Crippen LogP contribution in [0.4, 0.5) is 0 Å². The number of ether oxygens (including phenoxy) is 2. The molecule has 2 aliphatic heterocycles. The van der Waals surface area contributed by atoms with Gasteiger partial charge in [-0.2, -0.15) is 5.10 Å². The molecule has 0 radical (unpaired) electrons. The molecule has 8 nitrogen and oxygen atoms in total. The summed E-state index contributed by atoms with van der Waals surface area (Å²) in [5.74, 6) is 2.81. The molecular weight excluding hydrogens is 432 g/mol. The first kappa shape index (κ1) is 22.7. The number of furan rings is 1. The van der Waals surface area contributed by atoms with Crippen LogP contribution in [0.3, 0.4) is 0 Å². The van der Waals surface area contributed by atoms with Crippen LogP contribution in [0.15, 0.2) is 40.8 Å². The SMILES string of the molecule is COCC1CCCN(Cc2ccc3c(c2)CN(C(=O)c2cc(-c4ccc(C)o4)[nH]n2)CCO3)C1. The zero-order chi connectivity index (χ0) is 23.5. The standard InChI is InChI=1S/C26H32N4O4/c1-18-5-7-25(34-18)22-13-23(28-27-22)26(31)30-10-11-33-24-8-6-19(12-21(24)16-30)14-29-9-3-4-20(15-29)17-32-2/h5-8,12-13,20H,3-4,9-11,14-17H2,1-2H3,(H,27,28). The van der Waals surface area contributed by atoms with Gasteiger partial charge in [0.25, 0.3) is 5.91 Å². The van der Waals surface area contributed by atoms with Crippen LogP contribution in [0.1, 0.15) is 40.2 Å². The van der Waals surface area contributed by atoms with Gasteiger partial charge in [-0.1, -0.05) is 6.07 Å². The number of hydrogen-bond acceptors (Lipinski definition) is 6. The Kier molecular flexibility index (Phi) is 6.69. The Hall–Kier alpha value is -3.10. The first-order valence-electron chi connectivity index (χ1n) is 12.0. The predicted octanol–water partition coefficient (Wildman–Crippen LogP) is 3.87. The van der Waals surface area contributed by atoms with E-state index in [0.29, 0.717) is 42.8 Å². The van der Waals surface area contributed by atoms with E-state index in [1.807, 2.05) is 25.1 Å². The molecule has 8 heteroatoms. The van der Waals surface area contributed by atoms with Crippen LogP contribution in [0, 0.1) is 12.8 Å². The van der Waals surface area contributed by atoms with Gasteiger partial charge in [0, 0.05) is 38.4 Å². The Morgan fingerprint density at radius 2 is 2.15 bits per heavy atom. The summed E-state index contributed by atoms with van der Waals surface area (Å²) in [4.78, 5) is 17.5. The fourth-order valence-electron chi connectivity index (χ4n) is 4.94. The fourth-order valence-corrected chi connectivity index (χ4v) is 4.94. The van der Waals surface area contributed by atoms with Gasteiger partial charge in [0.2, 0.25) is 0 Å². The van der Waals surface area contributed by atoms with Crippen LogP contribution < -0.4 is 4.74 Å². The van der Waals surface area contributed by atoms with Gasteiger partial charge in [0.1, 0.15) is 23.8 Å². The number of nitrogens with one attached hydrogen (secondary N) is 1. The molecule has 34 heavy (non-hydrogen) atoms. The van der Waals surface area contributed by atoms with Crippen LogP contribution in [0.25, 0.3) is 11.5 Å². The molecule has 1 unspecified atom stereocenters. The van der Waals surface area contributed by atoms with Crippen molar-refractivity contribution in [3.05, 3.63) is 59.0 Å². The van der Waals surface area contributed by atoms with Crippen LogP contribution in [-0.2, 0) is 17.8 Å². The zero-order valence-corrected chi connectivity index (χ0v) is 19.9. The third kappa shape index (κ3) is 5.03. The summed E-state index contributed by atoms with van der Waals surface area (Å²) >= 11 is 0. The highest BCUT2D eigenvalue weighted by Gasteiger charge is 2.25. The summed E-state index contributed by atoms with van der Waals surface area (Å²) < 4.78 is 17.0. The van der Waals surface area contributed by atoms with Crippen molar-refractivity contribution < 1.29 is 18.7 Å². The molecule has 1 N–H and O–H groups in total. The monoisotopic (exact) mass is 464 g/mol. The normalized spacial score (nSPS) is 18.9. The van der Waals surface area contributed by atoms with Gasteiger partial charge >= 0.3 is 0 Å². The lowest BCUT2D eigenvalue weighted by molar-refractivity contribution is 0.0727. The van der Waals surface area contributed by atoms with Crippen LogP contribution in [0.2, 0.25) is 0 Å². The number of carbonyl (C=O) groups is 1. The quantitative estimate of drug-likeness (QED) is 0.596. The number of nitrogens with zero attached hydrogens (tertiary/aromatic N) is 3. The molecule has 4 heterocycles. The highest BCUT2D eigenvalue weighted by atomic mass is 16.5. The summed E-state index contributed by atoms with van der Waals surface area (Å²) in [5.41, 5.74) is 3.34. The molecule has 0 bridgehead atoms. The van der Waals surface area contributed by atoms with Crippen LogP contribution >= 0.6 is 0 Å². The molecule has 2 aliphatic rings. The van der Waals surface area contributed by atoms with Crippen LogP contribution in [0.5, 0.6) is 5.75 Å². The van der Waals surface area contributed by atoms with E-state index in [-0.39, 0.29) is 5.91 Å². The first-order chi connectivity index (χ1) is 16.6. The number of piperidine rings is 1. The van der Waals surface area contributed by atoms with Crippen molar-refractivity contribution >= 4 is 5.91 Å². The fraction of sp³-hybridized carbons (Fsp3) is 0.462. The molecule has 0 spiro atoms. The second-order valence-corrected chi connectivity index (χ2v) is 9.29. The van der Waals surface area contributed by atoms with E-state index in [0.717, 1.165) is 43.3 Å². The van der Waals surface area contributed by atoms with Gasteiger partial charge in [0.05, 0.1) is 13.2 Å². The third-order valence-corrected chi connectivity index (χ3v) is 6.61. The Labute approximate surface area is 199 Å². The molecule has 3 aromatic rings. The van der Waals surface area contributed by atoms with Crippen molar-refractivity contribution in [1.82, 2.24) is 20.0 Å². The van der Waals surface area contributed by atoms with E-state index in [9.17, 15) is 4.79 Å². The van der Waals surface area contributed by atoms with E-state index < -0.39 is 0 Å². The minimum absolute atomic E-state index is 0.119. The summed E-state index contributed by atoms with van der Waals surface area (Å²) in [5, 5.41) is 7.17. The van der Waals surface area contributed by atoms with E-state index in [1.54, 1.807) is 18.1 Å². The maximum Gasteiger partial charge on any atom is 0.274 e. The topological polar surface area (TPSA) is 83.8 Å². The minimum Gasteiger partial charge on any atom is -0.491 e. The second-order valence-electron chi connectivity index (χ2n) is 9.29. The van der Waals surface area contributed by atoms with E-state index in [4.69, 9.17) is 13.9 Å². The molecule has 5 rings (SSSR count). The number of carbonyl (C=O) groups excluding carboxylic acids is 1. The van der Waals surface area contributed by atoms with Crippen molar-refractivity contribution in [3.8, 4) is 17.2 Å². The Balaban J connectivity index is 1.28. The van der Waals surface area contributed by atoms with Crippen molar-refractivity contribution in [1.29, 1.82) is 0 Å². The molecule has 1 saturated heterocycles. The maximum atomic E-state index is 13.2. The number of likely N-dealkylation sites (tertiary alicyclic amines) is 1. The molecule has 0 aliphatic carbocycles. The largest absolute Gasteiger partial charge is 0.491 e. The molecule has 180 valence electrons. The number of amides is 1. The van der Waals surface area contributed by atoms with Crippen LogP contribution in [-0.4, -0.2) is 65.9 Å². The molecule has 1 amide bonds. The number of hydrogen-bond donors (Lipinski definition) is 1. The summed E-state index contributed by atoms with van der Waals surface area (Å²) in [7, 11) is 1.78. The predicted molar refractivity (Wildman–Crippen MR) is 128 cm³/mol. The van der Waals surface area contributed by atoms with Crippen molar-refractivity contribution in [2.24, 2.45) is 5.92 Å². The van der Waals surface area contributed by atoms with E-state index >= 15 is 0 Å². The van der Waals surface area contributed by atoms with Gasteiger partial charge in [-0.3, -0.25) is 14.8 Å². The lowest BCUT2D eigenvalue weighted by atomic mass is 9.98. The van der Waals surface area contributed by atoms with Crippen molar-refractivity contribution in [2.45, 2.75) is 32.9 Å². The number of aryl methyl sites for hydroxylation is 1. The Morgan fingerprint density at radius 1 is 1.24 bits per heavy atom. The smallest absolute Gasteiger partial charge is 0.274 e. The first-order valence-corrected chi connectivity index (χ1v) is 12.0. The average molecular weight is 465 g/mol. The van der Waals surface area contributed by atoms with Gasteiger partial charge in [-0.05, 0) is 62.1 Å². The van der Waals surface area contributed by atoms with Gasteiger partial charge in [-0.25, -0.2) is 0 Å². The molecule has 2 aromatic heterocycles. The zero-order valence-electron chi connectivity index (χ0n) is 19.9. The Morgan fingerprint density at radius 3 is 2.97 bits per heavy atom. The molecule has 1 fully saturated rings. The minimum atomic E-state index is -0.119. The maximum absolute atomic E-state index is 13.2. The van der Waals surface area contributed by atoms with E-state index in [2.05, 4.69) is 27.2 Å². The summed E-state index contributed by atoms with van der Waals surface area (Å²) in [6, 6.07) is 11.9. The number of fused-ring (bicyclic) bond motifs is 1. The van der Waals surface area contributed by atoms with Crippen molar-refractivity contribution in [2.75, 3.05) is 40.0 Å². The van der Waals surface area contributed by atoms with Gasteiger partial charge < -0.3 is 18.8 Å². The number of methoxy groups -OCH3 is 1. The average Bonchev–Trinajstić information content (AvgIpc) is 3.44. The van der Waals surface area contributed by atoms with Gasteiger partial charge in [-0.15, -0.1) is 0 Å². The molecule has 1 aromatic carbocycles.